The summed E-state index contributed by atoms with van der Waals surface area (Å²) in [5.41, 5.74) is 2.26. The van der Waals surface area contributed by atoms with E-state index in [4.69, 9.17) is 0 Å². The maximum atomic E-state index is 13.6. The fraction of sp³-hybridized carbons (Fsp3) is 0.357. The molecule has 0 bridgehead atoms. The molecule has 0 saturated carbocycles. The monoisotopic (exact) mass is 321 g/mol. The van der Waals surface area contributed by atoms with Gasteiger partial charge in [0.15, 0.2) is 0 Å². The first-order valence-corrected chi connectivity index (χ1v) is 7.88. The van der Waals surface area contributed by atoms with Crippen molar-refractivity contribution in [2.24, 2.45) is 0 Å². The van der Waals surface area contributed by atoms with Gasteiger partial charge in [0.25, 0.3) is 0 Å². The van der Waals surface area contributed by atoms with E-state index in [-0.39, 0.29) is 11.8 Å². The van der Waals surface area contributed by atoms with E-state index in [0.717, 1.165) is 13.1 Å². The van der Waals surface area contributed by atoms with E-state index in [1.54, 1.807) is 22.5 Å². The molecule has 0 unspecified atom stereocenters. The van der Waals surface area contributed by atoms with Crippen molar-refractivity contribution in [1.29, 1.82) is 0 Å². The van der Waals surface area contributed by atoms with Gasteiger partial charge in [0.1, 0.15) is 11.3 Å². The molecule has 1 aliphatic rings. The molecule has 1 N–H and O–H groups in total. The summed E-state index contributed by atoms with van der Waals surface area (Å²) in [7, 11) is 0. The highest BCUT2D eigenvalue weighted by atomic mass is 32.1. The molecule has 2 amide bonds. The minimum atomic E-state index is -0.182. The fourth-order valence-corrected chi connectivity index (χ4v) is 2.81. The number of hydrogen-bond donors (Lipinski definition) is 1. The van der Waals surface area contributed by atoms with Crippen LogP contribution in [0.3, 0.4) is 0 Å². The predicted molar refractivity (Wildman–Crippen MR) is 82.2 cm³/mol. The van der Waals surface area contributed by atoms with E-state index in [2.05, 4.69) is 20.4 Å². The number of hydrogen-bond acceptors (Lipinski definition) is 5. The molecular weight excluding hydrogens is 305 g/mol. The number of nitrogens with one attached hydrogen (secondary N) is 1. The Morgan fingerprint density at radius 1 is 1.27 bits per heavy atom. The van der Waals surface area contributed by atoms with E-state index in [9.17, 15) is 9.18 Å². The van der Waals surface area contributed by atoms with Crippen molar-refractivity contribution in [1.82, 2.24) is 20.0 Å². The van der Waals surface area contributed by atoms with Gasteiger partial charge in [-0.3, -0.25) is 10.2 Å². The third-order valence-corrected chi connectivity index (χ3v) is 4.19. The molecule has 1 fully saturated rings. The van der Waals surface area contributed by atoms with Crippen molar-refractivity contribution in [2.75, 3.05) is 31.5 Å². The summed E-state index contributed by atoms with van der Waals surface area (Å²) < 4.78 is 13.6. The lowest BCUT2D eigenvalue weighted by atomic mass is 10.2. The Hall–Kier alpha value is -2.06. The van der Waals surface area contributed by atoms with Crippen LogP contribution in [0.2, 0.25) is 0 Å². The predicted octanol–water partition coefficient (Wildman–Crippen LogP) is 2.03. The molecule has 22 heavy (non-hydrogen) atoms. The van der Waals surface area contributed by atoms with Crippen molar-refractivity contribution >= 4 is 22.5 Å². The van der Waals surface area contributed by atoms with Gasteiger partial charge in [-0.25, -0.2) is 9.18 Å². The molecule has 0 radical (unpaired) electrons. The van der Waals surface area contributed by atoms with Crippen LogP contribution >= 0.6 is 11.3 Å². The van der Waals surface area contributed by atoms with Gasteiger partial charge in [-0.15, -0.1) is 10.2 Å². The third kappa shape index (κ3) is 3.58. The van der Waals surface area contributed by atoms with Crippen LogP contribution in [0.1, 0.15) is 5.56 Å². The summed E-state index contributed by atoms with van der Waals surface area (Å²) in [5.74, 6) is -0.182. The van der Waals surface area contributed by atoms with Crippen LogP contribution in [-0.2, 0) is 6.54 Å². The van der Waals surface area contributed by atoms with Crippen LogP contribution in [0, 0.1) is 5.82 Å². The Kier molecular flexibility index (Phi) is 4.59. The molecule has 1 aromatic carbocycles. The number of aromatic nitrogens is 2. The van der Waals surface area contributed by atoms with Gasteiger partial charge in [-0.1, -0.05) is 29.5 Å². The average Bonchev–Trinajstić information content (AvgIpc) is 3.03. The first kappa shape index (κ1) is 14.9. The van der Waals surface area contributed by atoms with E-state index in [1.807, 2.05) is 6.07 Å². The lowest BCUT2D eigenvalue weighted by Crippen LogP contribution is -2.49. The van der Waals surface area contributed by atoms with E-state index < -0.39 is 0 Å². The lowest BCUT2D eigenvalue weighted by molar-refractivity contribution is 0.142. The average molecular weight is 321 g/mol. The van der Waals surface area contributed by atoms with Gasteiger partial charge in [0.05, 0.1) is 0 Å². The number of benzene rings is 1. The molecule has 0 aliphatic carbocycles. The number of carbonyl (C=O) groups is 1. The van der Waals surface area contributed by atoms with Gasteiger partial charge in [-0.05, 0) is 6.07 Å². The zero-order valence-electron chi connectivity index (χ0n) is 11.9. The highest BCUT2D eigenvalue weighted by molar-refractivity contribution is 7.13. The molecule has 8 heteroatoms. The summed E-state index contributed by atoms with van der Waals surface area (Å²) in [6.07, 6.45) is 0. The second kappa shape index (κ2) is 6.80. The number of halogens is 1. The largest absolute Gasteiger partial charge is 0.323 e. The highest BCUT2D eigenvalue weighted by Crippen LogP contribution is 2.13. The minimum absolute atomic E-state index is 0.165. The second-order valence-electron chi connectivity index (χ2n) is 5.03. The highest BCUT2D eigenvalue weighted by Gasteiger charge is 2.22. The smallest absolute Gasteiger partial charge is 0.322 e. The summed E-state index contributed by atoms with van der Waals surface area (Å²) in [6, 6.07) is 6.63. The Morgan fingerprint density at radius 3 is 2.73 bits per heavy atom. The zero-order chi connectivity index (χ0) is 15.4. The van der Waals surface area contributed by atoms with Gasteiger partial charge in [0, 0.05) is 38.3 Å². The first-order chi connectivity index (χ1) is 10.7. The summed E-state index contributed by atoms with van der Waals surface area (Å²) in [5, 5.41) is 10.7. The first-order valence-electron chi connectivity index (χ1n) is 7.00. The molecule has 0 atom stereocenters. The number of anilines is 1. The van der Waals surface area contributed by atoms with E-state index in [0.29, 0.717) is 30.3 Å². The summed E-state index contributed by atoms with van der Waals surface area (Å²) >= 11 is 1.29. The van der Waals surface area contributed by atoms with Crippen molar-refractivity contribution in [3.05, 3.63) is 41.2 Å². The Morgan fingerprint density at radius 2 is 2.05 bits per heavy atom. The molecular formula is C14H16FN5OS. The molecule has 1 saturated heterocycles. The maximum absolute atomic E-state index is 13.6. The number of amides is 2. The molecule has 6 nitrogen and oxygen atoms in total. The maximum Gasteiger partial charge on any atom is 0.323 e. The van der Waals surface area contributed by atoms with Crippen LogP contribution in [0.5, 0.6) is 0 Å². The van der Waals surface area contributed by atoms with E-state index >= 15 is 0 Å². The Balaban J connectivity index is 1.50. The van der Waals surface area contributed by atoms with E-state index in [1.165, 1.54) is 17.4 Å². The van der Waals surface area contributed by atoms with Crippen LogP contribution in [0.15, 0.2) is 29.8 Å². The number of rotatable bonds is 3. The molecule has 1 aliphatic heterocycles. The number of carbonyl (C=O) groups excluding carboxylic acids is 1. The molecule has 116 valence electrons. The number of urea groups is 1. The van der Waals surface area contributed by atoms with Crippen molar-refractivity contribution < 1.29 is 9.18 Å². The number of nitrogens with zero attached hydrogens (tertiary/aromatic N) is 4. The second-order valence-corrected chi connectivity index (χ2v) is 5.86. The van der Waals surface area contributed by atoms with Gasteiger partial charge < -0.3 is 4.90 Å². The Bertz CT molecular complexity index is 628. The standard InChI is InChI=1S/C14H16FN5OS/c15-12-4-2-1-3-11(12)9-19-5-7-20(8-6-19)14(21)17-13-18-16-10-22-13/h1-4,10H,5-9H2,(H,17,18,21). The van der Waals surface area contributed by atoms with Crippen LogP contribution in [0.4, 0.5) is 14.3 Å². The van der Waals surface area contributed by atoms with Crippen molar-refractivity contribution in [3.8, 4) is 0 Å². The fourth-order valence-electron chi connectivity index (χ4n) is 2.37. The SMILES string of the molecule is O=C(Nc1nncs1)N1CCN(Cc2ccccc2F)CC1. The molecule has 2 aromatic rings. The third-order valence-electron chi connectivity index (χ3n) is 3.59. The lowest BCUT2D eigenvalue weighted by Gasteiger charge is -2.34. The van der Waals surface area contributed by atoms with Crippen LogP contribution in [0.25, 0.3) is 0 Å². The van der Waals surface area contributed by atoms with Gasteiger partial charge >= 0.3 is 6.03 Å². The molecule has 1 aromatic heterocycles. The van der Waals surface area contributed by atoms with Gasteiger partial charge in [0.2, 0.25) is 5.13 Å². The molecule has 3 rings (SSSR count). The quantitative estimate of drug-likeness (QED) is 0.939. The minimum Gasteiger partial charge on any atom is -0.322 e. The van der Waals surface area contributed by atoms with Crippen LogP contribution in [-0.4, -0.2) is 52.2 Å². The summed E-state index contributed by atoms with van der Waals surface area (Å²) in [6.45, 7) is 3.23. The topological polar surface area (TPSA) is 61.4 Å². The van der Waals surface area contributed by atoms with Gasteiger partial charge in [-0.2, -0.15) is 0 Å². The summed E-state index contributed by atoms with van der Waals surface area (Å²) in [4.78, 5) is 15.9. The normalized spacial score (nSPS) is 15.8. The number of piperazine rings is 1. The zero-order valence-corrected chi connectivity index (χ0v) is 12.7. The Labute approximate surface area is 131 Å². The van der Waals surface area contributed by atoms with Crippen molar-refractivity contribution in [2.45, 2.75) is 6.54 Å². The molecule has 2 heterocycles. The van der Waals surface area contributed by atoms with Crippen LogP contribution < -0.4 is 5.32 Å². The van der Waals surface area contributed by atoms with Crippen molar-refractivity contribution in [3.63, 3.8) is 0 Å². The molecule has 0 spiro atoms.